The Bertz CT molecular complexity index is 248. The zero-order valence-electron chi connectivity index (χ0n) is 8.08. The molecule has 3 N–H and O–H groups in total. The molecule has 0 heterocycles. The van der Waals surface area contributed by atoms with Crippen LogP contribution in [0.1, 0.15) is 13.3 Å². The molecule has 0 fully saturated rings. The molecule has 4 heteroatoms. The zero-order chi connectivity index (χ0) is 10.0. The first-order valence-electron chi connectivity index (χ1n) is 4.43. The number of carbonyl (C=O) groups excluding carboxylic acids is 1. The van der Waals surface area contributed by atoms with Crippen LogP contribution in [0.4, 0.5) is 0 Å². The van der Waals surface area contributed by atoms with E-state index in [0.717, 1.165) is 18.5 Å². The van der Waals surface area contributed by atoms with Gasteiger partial charge in [0.15, 0.2) is 0 Å². The van der Waals surface area contributed by atoms with Gasteiger partial charge in [-0.2, -0.15) is 0 Å². The van der Waals surface area contributed by atoms with Gasteiger partial charge in [-0.25, -0.2) is 0 Å². The molecule has 1 aliphatic carbocycles. The number of nitrogens with two attached hydrogens (primary N) is 1. The van der Waals surface area contributed by atoms with Crippen molar-refractivity contribution in [3.05, 3.63) is 11.3 Å². The van der Waals surface area contributed by atoms with Crippen LogP contribution in [0.2, 0.25) is 0 Å². The third-order valence-electron chi connectivity index (χ3n) is 2.34. The van der Waals surface area contributed by atoms with Crippen LogP contribution in [-0.2, 0) is 4.79 Å². The number of aliphatic hydroxyl groups is 1. The van der Waals surface area contributed by atoms with E-state index in [1.54, 1.807) is 6.92 Å². The highest BCUT2D eigenvalue weighted by atomic mass is 16.3. The van der Waals surface area contributed by atoms with Crippen molar-refractivity contribution >= 4 is 5.78 Å². The van der Waals surface area contributed by atoms with Crippen molar-refractivity contribution in [1.29, 1.82) is 0 Å². The predicted octanol–water partition coefficient (Wildman–Crippen LogP) is -0.515. The lowest BCUT2D eigenvalue weighted by molar-refractivity contribution is -0.126. The predicted molar refractivity (Wildman–Crippen MR) is 50.0 cm³/mol. The van der Waals surface area contributed by atoms with Gasteiger partial charge in [-0.1, -0.05) is 0 Å². The summed E-state index contributed by atoms with van der Waals surface area (Å²) in [6.07, 6.45) is -0.00765. The summed E-state index contributed by atoms with van der Waals surface area (Å²) in [4.78, 5) is 13.1. The van der Waals surface area contributed by atoms with Crippen LogP contribution in [0.3, 0.4) is 0 Å². The first kappa shape index (κ1) is 10.2. The molecular weight excluding hydrogens is 168 g/mol. The standard InChI is InChI=1S/C9H16N2O2/c1-6-7(9(13)8(6)12)11(2)5-3-4-10/h8,12H,3-5,10H2,1-2H3. The number of hydrogen-bond donors (Lipinski definition) is 2. The molecule has 0 aliphatic heterocycles. The van der Waals surface area contributed by atoms with Gasteiger partial charge in [-0.15, -0.1) is 0 Å². The molecule has 0 saturated carbocycles. The van der Waals surface area contributed by atoms with Crippen LogP contribution >= 0.6 is 0 Å². The third kappa shape index (κ3) is 1.73. The number of carbonyl (C=O) groups is 1. The summed E-state index contributed by atoms with van der Waals surface area (Å²) in [7, 11) is 1.85. The van der Waals surface area contributed by atoms with E-state index in [9.17, 15) is 9.90 Å². The Morgan fingerprint density at radius 1 is 1.62 bits per heavy atom. The minimum Gasteiger partial charge on any atom is -0.380 e. The van der Waals surface area contributed by atoms with Gasteiger partial charge in [0.25, 0.3) is 0 Å². The lowest BCUT2D eigenvalue weighted by Gasteiger charge is -2.32. The fourth-order valence-electron chi connectivity index (χ4n) is 1.50. The average Bonchev–Trinajstić information content (AvgIpc) is 2.14. The van der Waals surface area contributed by atoms with Crippen LogP contribution in [0, 0.1) is 0 Å². The second-order valence-corrected chi connectivity index (χ2v) is 3.36. The molecule has 0 amide bonds. The largest absolute Gasteiger partial charge is 0.380 e. The minimum absolute atomic E-state index is 0.169. The van der Waals surface area contributed by atoms with Gasteiger partial charge in [0, 0.05) is 13.6 Å². The molecule has 0 saturated heterocycles. The van der Waals surface area contributed by atoms with Gasteiger partial charge >= 0.3 is 0 Å². The molecule has 0 aromatic heterocycles. The Labute approximate surface area is 78.0 Å². The lowest BCUT2D eigenvalue weighted by atomic mass is 9.89. The van der Waals surface area contributed by atoms with Crippen molar-refractivity contribution in [2.45, 2.75) is 19.4 Å². The van der Waals surface area contributed by atoms with Crippen molar-refractivity contribution in [2.75, 3.05) is 20.1 Å². The fraction of sp³-hybridized carbons (Fsp3) is 0.667. The highest BCUT2D eigenvalue weighted by molar-refractivity contribution is 6.07. The number of Topliss-reactive ketones (excluding diaryl/α,β-unsaturated/α-hetero) is 1. The molecule has 1 unspecified atom stereocenters. The Morgan fingerprint density at radius 2 is 2.23 bits per heavy atom. The maximum Gasteiger partial charge on any atom is 0.211 e. The molecule has 0 aromatic rings. The van der Waals surface area contributed by atoms with Crippen LogP contribution in [0.15, 0.2) is 11.3 Å². The molecule has 0 bridgehead atoms. The Balaban J connectivity index is 2.58. The SMILES string of the molecule is CC1=C(N(C)CCCN)C(=O)C1O. The summed E-state index contributed by atoms with van der Waals surface area (Å²) in [6, 6.07) is 0. The van der Waals surface area contributed by atoms with Crippen molar-refractivity contribution in [2.24, 2.45) is 5.73 Å². The molecule has 0 spiro atoms. The summed E-state index contributed by atoms with van der Waals surface area (Å²) in [5.74, 6) is -0.169. The number of ketones is 1. The van der Waals surface area contributed by atoms with Gasteiger partial charge in [-0.3, -0.25) is 4.79 Å². The highest BCUT2D eigenvalue weighted by Gasteiger charge is 2.36. The van der Waals surface area contributed by atoms with Crippen LogP contribution in [0.25, 0.3) is 0 Å². The van der Waals surface area contributed by atoms with E-state index in [1.807, 2.05) is 11.9 Å². The molecule has 74 valence electrons. The maximum atomic E-state index is 11.2. The summed E-state index contributed by atoms with van der Waals surface area (Å²) in [5.41, 5.74) is 6.78. The quantitative estimate of drug-likeness (QED) is 0.617. The van der Waals surface area contributed by atoms with Gasteiger partial charge in [-0.05, 0) is 25.5 Å². The van der Waals surface area contributed by atoms with E-state index in [2.05, 4.69) is 0 Å². The third-order valence-corrected chi connectivity index (χ3v) is 2.34. The molecule has 0 aromatic carbocycles. The van der Waals surface area contributed by atoms with E-state index in [1.165, 1.54) is 0 Å². The minimum atomic E-state index is -0.865. The monoisotopic (exact) mass is 184 g/mol. The Morgan fingerprint density at radius 3 is 2.69 bits per heavy atom. The summed E-state index contributed by atoms with van der Waals surface area (Å²) in [6.45, 7) is 3.16. The zero-order valence-corrected chi connectivity index (χ0v) is 8.08. The summed E-state index contributed by atoms with van der Waals surface area (Å²) < 4.78 is 0. The molecule has 1 rings (SSSR count). The Kier molecular flexibility index (Phi) is 3.06. The van der Waals surface area contributed by atoms with Crippen molar-refractivity contribution in [3.8, 4) is 0 Å². The number of nitrogens with zero attached hydrogens (tertiary/aromatic N) is 1. The van der Waals surface area contributed by atoms with Crippen molar-refractivity contribution in [1.82, 2.24) is 4.90 Å². The van der Waals surface area contributed by atoms with Crippen LogP contribution in [-0.4, -0.2) is 42.0 Å². The topological polar surface area (TPSA) is 66.6 Å². The molecule has 4 nitrogen and oxygen atoms in total. The van der Waals surface area contributed by atoms with Crippen molar-refractivity contribution in [3.63, 3.8) is 0 Å². The number of aliphatic hydroxyl groups excluding tert-OH is 1. The number of hydrogen-bond acceptors (Lipinski definition) is 4. The lowest BCUT2D eigenvalue weighted by Crippen LogP contribution is -2.43. The molecule has 0 radical (unpaired) electrons. The van der Waals surface area contributed by atoms with Crippen LogP contribution in [0.5, 0.6) is 0 Å². The van der Waals surface area contributed by atoms with Gasteiger partial charge < -0.3 is 15.7 Å². The Hall–Kier alpha value is -0.870. The average molecular weight is 184 g/mol. The highest BCUT2D eigenvalue weighted by Crippen LogP contribution is 2.26. The normalized spacial score (nSPS) is 21.8. The number of likely N-dealkylation sites (N-methyl/N-ethyl adjacent to an activating group) is 1. The van der Waals surface area contributed by atoms with Crippen LogP contribution < -0.4 is 5.73 Å². The van der Waals surface area contributed by atoms with E-state index in [0.29, 0.717) is 12.2 Å². The molecule has 1 aliphatic rings. The molecule has 13 heavy (non-hydrogen) atoms. The van der Waals surface area contributed by atoms with Gasteiger partial charge in [0.1, 0.15) is 6.10 Å². The van der Waals surface area contributed by atoms with E-state index in [4.69, 9.17) is 5.73 Å². The summed E-state index contributed by atoms with van der Waals surface area (Å²) >= 11 is 0. The maximum absolute atomic E-state index is 11.2. The van der Waals surface area contributed by atoms with E-state index < -0.39 is 6.10 Å². The number of rotatable bonds is 4. The molecule has 1 atom stereocenters. The summed E-state index contributed by atoms with van der Waals surface area (Å²) in [5, 5.41) is 9.17. The van der Waals surface area contributed by atoms with Gasteiger partial charge in [0.05, 0.1) is 5.70 Å². The van der Waals surface area contributed by atoms with Crippen molar-refractivity contribution < 1.29 is 9.90 Å². The van der Waals surface area contributed by atoms with E-state index in [-0.39, 0.29) is 5.78 Å². The molecular formula is C9H16N2O2. The second kappa shape index (κ2) is 3.89. The fourth-order valence-corrected chi connectivity index (χ4v) is 1.50. The first-order chi connectivity index (χ1) is 6.09. The second-order valence-electron chi connectivity index (χ2n) is 3.36. The first-order valence-corrected chi connectivity index (χ1v) is 4.43. The van der Waals surface area contributed by atoms with E-state index >= 15 is 0 Å². The van der Waals surface area contributed by atoms with Gasteiger partial charge in [0.2, 0.25) is 5.78 Å². The smallest absolute Gasteiger partial charge is 0.211 e.